The molecule has 0 saturated carbocycles. The van der Waals surface area contributed by atoms with Gasteiger partial charge in [0.1, 0.15) is 5.75 Å². The first-order valence-electron chi connectivity index (χ1n) is 7.58. The Hall–Kier alpha value is -1.06. The summed E-state index contributed by atoms with van der Waals surface area (Å²) in [6.07, 6.45) is 0. The van der Waals surface area contributed by atoms with Gasteiger partial charge in [-0.25, -0.2) is 0 Å². The summed E-state index contributed by atoms with van der Waals surface area (Å²) in [7, 11) is 3.74. The maximum Gasteiger partial charge on any atom is 0.118 e. The Morgan fingerprint density at radius 3 is 2.15 bits per heavy atom. The Morgan fingerprint density at radius 1 is 1.15 bits per heavy atom. The van der Waals surface area contributed by atoms with Crippen LogP contribution in [0.3, 0.4) is 0 Å². The van der Waals surface area contributed by atoms with E-state index in [4.69, 9.17) is 4.74 Å². The molecule has 0 bridgehead atoms. The fourth-order valence-corrected chi connectivity index (χ4v) is 2.76. The van der Waals surface area contributed by atoms with Crippen LogP contribution in [0.1, 0.15) is 39.3 Å². The molecule has 114 valence electrons. The number of methoxy groups -OCH3 is 1. The van der Waals surface area contributed by atoms with E-state index in [0.717, 1.165) is 18.8 Å². The van der Waals surface area contributed by atoms with E-state index >= 15 is 0 Å². The fourth-order valence-electron chi connectivity index (χ4n) is 2.76. The molecular formula is C17H30N2O. The molecule has 0 radical (unpaired) electrons. The third-order valence-electron chi connectivity index (χ3n) is 3.85. The van der Waals surface area contributed by atoms with Crippen molar-refractivity contribution in [1.29, 1.82) is 0 Å². The zero-order valence-electron chi connectivity index (χ0n) is 13.8. The van der Waals surface area contributed by atoms with Crippen LogP contribution in [-0.4, -0.2) is 38.2 Å². The predicted molar refractivity (Wildman–Crippen MR) is 86.3 cm³/mol. The third kappa shape index (κ3) is 4.50. The van der Waals surface area contributed by atoms with Crippen molar-refractivity contribution in [2.45, 2.75) is 39.8 Å². The van der Waals surface area contributed by atoms with E-state index in [1.54, 1.807) is 7.11 Å². The van der Waals surface area contributed by atoms with Crippen molar-refractivity contribution >= 4 is 0 Å². The van der Waals surface area contributed by atoms with Crippen LogP contribution in [0.25, 0.3) is 0 Å². The molecule has 0 aromatic heterocycles. The minimum absolute atomic E-state index is 0.333. The molecule has 0 heterocycles. The molecule has 3 nitrogen and oxygen atoms in total. The van der Waals surface area contributed by atoms with E-state index in [1.807, 2.05) is 19.2 Å². The zero-order chi connectivity index (χ0) is 15.1. The van der Waals surface area contributed by atoms with Crippen LogP contribution < -0.4 is 10.1 Å². The quantitative estimate of drug-likeness (QED) is 0.789. The summed E-state index contributed by atoms with van der Waals surface area (Å²) in [4.78, 5) is 2.54. The van der Waals surface area contributed by atoms with Gasteiger partial charge >= 0.3 is 0 Å². The molecule has 0 aliphatic carbocycles. The first-order valence-corrected chi connectivity index (χ1v) is 7.58. The van der Waals surface area contributed by atoms with Crippen LogP contribution in [-0.2, 0) is 0 Å². The van der Waals surface area contributed by atoms with E-state index in [0.29, 0.717) is 18.0 Å². The lowest BCUT2D eigenvalue weighted by atomic mass is 9.98. The molecule has 0 aliphatic rings. The monoisotopic (exact) mass is 278 g/mol. The topological polar surface area (TPSA) is 24.5 Å². The van der Waals surface area contributed by atoms with Crippen molar-refractivity contribution in [3.05, 3.63) is 29.8 Å². The molecule has 2 unspecified atom stereocenters. The number of nitrogens with one attached hydrogen (secondary N) is 1. The number of likely N-dealkylation sites (N-methyl/N-ethyl adjacent to an activating group) is 2. The predicted octanol–water partition coefficient (Wildman–Crippen LogP) is 3.32. The lowest BCUT2D eigenvalue weighted by molar-refractivity contribution is 0.162. The van der Waals surface area contributed by atoms with E-state index in [9.17, 15) is 0 Å². The Morgan fingerprint density at radius 2 is 1.75 bits per heavy atom. The molecule has 1 aromatic rings. The van der Waals surface area contributed by atoms with Gasteiger partial charge < -0.3 is 10.1 Å². The molecule has 1 aromatic carbocycles. The summed E-state index contributed by atoms with van der Waals surface area (Å²) in [6, 6.07) is 9.16. The van der Waals surface area contributed by atoms with Gasteiger partial charge in [-0.3, -0.25) is 4.90 Å². The highest BCUT2D eigenvalue weighted by Crippen LogP contribution is 2.23. The van der Waals surface area contributed by atoms with Crippen molar-refractivity contribution in [3.8, 4) is 5.75 Å². The Kier molecular flexibility index (Phi) is 7.03. The molecule has 0 saturated heterocycles. The maximum atomic E-state index is 5.23. The number of hydrogen-bond donors (Lipinski definition) is 1. The van der Waals surface area contributed by atoms with Gasteiger partial charge in [0.05, 0.1) is 7.11 Å². The van der Waals surface area contributed by atoms with Crippen molar-refractivity contribution < 1.29 is 4.74 Å². The van der Waals surface area contributed by atoms with Gasteiger partial charge in [-0.15, -0.1) is 0 Å². The fraction of sp³-hybridized carbons (Fsp3) is 0.647. The normalized spacial score (nSPS) is 14.6. The number of nitrogens with zero attached hydrogens (tertiary/aromatic N) is 1. The third-order valence-corrected chi connectivity index (χ3v) is 3.85. The molecule has 0 spiro atoms. The molecule has 20 heavy (non-hydrogen) atoms. The summed E-state index contributed by atoms with van der Waals surface area (Å²) in [5, 5.41) is 3.46. The Bertz CT molecular complexity index is 375. The van der Waals surface area contributed by atoms with E-state index in [-0.39, 0.29) is 0 Å². The largest absolute Gasteiger partial charge is 0.497 e. The smallest absolute Gasteiger partial charge is 0.118 e. The van der Waals surface area contributed by atoms with Gasteiger partial charge in [-0.1, -0.05) is 32.9 Å². The Labute approximate surface area is 124 Å². The molecule has 1 rings (SSSR count). The minimum Gasteiger partial charge on any atom is -0.497 e. The summed E-state index contributed by atoms with van der Waals surface area (Å²) in [6.45, 7) is 11.3. The highest BCUT2D eigenvalue weighted by Gasteiger charge is 2.23. The number of benzene rings is 1. The first kappa shape index (κ1) is 17.0. The second-order valence-electron chi connectivity index (χ2n) is 5.76. The van der Waals surface area contributed by atoms with Crippen LogP contribution in [0.4, 0.5) is 0 Å². The highest BCUT2D eigenvalue weighted by molar-refractivity contribution is 5.29. The van der Waals surface area contributed by atoms with Gasteiger partial charge in [-0.2, -0.15) is 0 Å². The van der Waals surface area contributed by atoms with Crippen LogP contribution in [0.2, 0.25) is 0 Å². The van der Waals surface area contributed by atoms with Gasteiger partial charge in [0.15, 0.2) is 0 Å². The molecule has 0 amide bonds. The van der Waals surface area contributed by atoms with E-state index < -0.39 is 0 Å². The lowest BCUT2D eigenvalue weighted by Gasteiger charge is -2.35. The first-order chi connectivity index (χ1) is 9.53. The molecule has 2 atom stereocenters. The van der Waals surface area contributed by atoms with Crippen LogP contribution in [0.5, 0.6) is 5.75 Å². The van der Waals surface area contributed by atoms with Crippen LogP contribution in [0, 0.1) is 5.92 Å². The molecule has 0 fully saturated rings. The van der Waals surface area contributed by atoms with Crippen LogP contribution in [0.15, 0.2) is 24.3 Å². The van der Waals surface area contributed by atoms with Gasteiger partial charge in [0.25, 0.3) is 0 Å². The average Bonchev–Trinajstić information content (AvgIpc) is 2.45. The number of ether oxygens (including phenoxy) is 1. The number of hydrogen-bond acceptors (Lipinski definition) is 3. The van der Waals surface area contributed by atoms with E-state index in [2.05, 4.69) is 50.0 Å². The summed E-state index contributed by atoms with van der Waals surface area (Å²) in [5.41, 5.74) is 1.31. The van der Waals surface area contributed by atoms with Crippen molar-refractivity contribution in [2.24, 2.45) is 5.92 Å². The second kappa shape index (κ2) is 8.28. The Balaban J connectivity index is 2.86. The van der Waals surface area contributed by atoms with Gasteiger partial charge in [0, 0.05) is 18.6 Å². The minimum atomic E-state index is 0.333. The zero-order valence-corrected chi connectivity index (χ0v) is 13.8. The van der Waals surface area contributed by atoms with Gasteiger partial charge in [0.2, 0.25) is 0 Å². The maximum absolute atomic E-state index is 5.23. The molecule has 3 heteroatoms. The summed E-state index contributed by atoms with van der Waals surface area (Å²) >= 11 is 0. The van der Waals surface area contributed by atoms with Crippen molar-refractivity contribution in [2.75, 3.05) is 27.2 Å². The summed E-state index contributed by atoms with van der Waals surface area (Å²) in [5.74, 6) is 1.59. The number of rotatable bonds is 8. The van der Waals surface area contributed by atoms with E-state index in [1.165, 1.54) is 5.56 Å². The summed E-state index contributed by atoms with van der Waals surface area (Å²) < 4.78 is 5.23. The van der Waals surface area contributed by atoms with Gasteiger partial charge in [-0.05, 0) is 44.1 Å². The average molecular weight is 278 g/mol. The lowest BCUT2D eigenvalue weighted by Crippen LogP contribution is -2.43. The highest BCUT2D eigenvalue weighted by atomic mass is 16.5. The van der Waals surface area contributed by atoms with Crippen LogP contribution >= 0.6 is 0 Å². The van der Waals surface area contributed by atoms with Crippen molar-refractivity contribution in [3.63, 3.8) is 0 Å². The second-order valence-corrected chi connectivity index (χ2v) is 5.76. The van der Waals surface area contributed by atoms with Crippen molar-refractivity contribution in [1.82, 2.24) is 10.2 Å². The molecule has 1 N–H and O–H groups in total. The standard InChI is InChI=1S/C17H30N2O/c1-7-19(12-13(2)3)14(4)17(18-5)15-8-10-16(20-6)11-9-15/h8-11,13-14,17-18H,7,12H2,1-6H3. The molecular weight excluding hydrogens is 248 g/mol. The SMILES string of the molecule is CCN(CC(C)C)C(C)C(NC)c1ccc(OC)cc1. The molecule has 0 aliphatic heterocycles.